The maximum Gasteiger partial charge on any atom is 0.416 e. The molecule has 3 rings (SSSR count). The zero-order chi connectivity index (χ0) is 24.9. The number of carbonyl (C=O) groups excluding carboxylic acids is 3. The average Bonchev–Trinajstić information content (AvgIpc) is 3.19. The fraction of sp³-hybridized carbons (Fsp3) is 0.217. The Kier molecular flexibility index (Phi) is 7.67. The Balaban J connectivity index is 1.61. The van der Waals surface area contributed by atoms with E-state index < -0.39 is 30.2 Å². The molecule has 178 valence electrons. The molecule has 0 saturated heterocycles. The number of amides is 2. The summed E-state index contributed by atoms with van der Waals surface area (Å²) in [4.78, 5) is 40.9. The van der Waals surface area contributed by atoms with Crippen molar-refractivity contribution in [3.63, 3.8) is 0 Å². The number of ether oxygens (including phenoxy) is 1. The maximum atomic E-state index is 12.7. The highest BCUT2D eigenvalue weighted by Gasteiger charge is 2.30. The summed E-state index contributed by atoms with van der Waals surface area (Å²) >= 11 is 0.956. The van der Waals surface area contributed by atoms with E-state index in [1.54, 1.807) is 32.0 Å². The standard InChI is InChI=1S/C23H20F3N3O4S/c1-3-27-20(31)15-5-4-6-17(11-15)29-18(30)12-33-22(32)19-13(2)28-21(34-19)14-7-9-16(10-8-14)23(24,25)26/h4-11H,3,12H2,1-2H3,(H,27,31)(H,29,30). The number of alkyl halides is 3. The molecule has 2 aromatic carbocycles. The second-order valence-corrected chi connectivity index (χ2v) is 8.07. The molecule has 11 heteroatoms. The van der Waals surface area contributed by atoms with Crippen molar-refractivity contribution >= 4 is 34.8 Å². The van der Waals surface area contributed by atoms with Crippen LogP contribution < -0.4 is 10.6 Å². The molecule has 0 unspecified atom stereocenters. The van der Waals surface area contributed by atoms with Gasteiger partial charge in [-0.05, 0) is 44.2 Å². The number of rotatable bonds is 7. The van der Waals surface area contributed by atoms with Crippen LogP contribution in [-0.2, 0) is 15.7 Å². The van der Waals surface area contributed by atoms with Crippen LogP contribution in [0.2, 0.25) is 0 Å². The molecule has 0 bridgehead atoms. The molecule has 0 aliphatic heterocycles. The van der Waals surface area contributed by atoms with Gasteiger partial charge in [0.25, 0.3) is 11.8 Å². The van der Waals surface area contributed by atoms with Crippen LogP contribution >= 0.6 is 11.3 Å². The van der Waals surface area contributed by atoms with Crippen LogP contribution in [0.4, 0.5) is 18.9 Å². The van der Waals surface area contributed by atoms with Gasteiger partial charge in [0.05, 0.1) is 11.3 Å². The van der Waals surface area contributed by atoms with E-state index in [0.717, 1.165) is 23.5 Å². The van der Waals surface area contributed by atoms with Gasteiger partial charge < -0.3 is 15.4 Å². The van der Waals surface area contributed by atoms with E-state index >= 15 is 0 Å². The summed E-state index contributed by atoms with van der Waals surface area (Å²) < 4.78 is 43.3. The van der Waals surface area contributed by atoms with E-state index in [0.29, 0.717) is 34.1 Å². The van der Waals surface area contributed by atoms with E-state index in [-0.39, 0.29) is 10.8 Å². The minimum atomic E-state index is -4.45. The van der Waals surface area contributed by atoms with Crippen LogP contribution in [0.5, 0.6) is 0 Å². The number of hydrogen-bond acceptors (Lipinski definition) is 6. The van der Waals surface area contributed by atoms with Gasteiger partial charge in [0.2, 0.25) is 0 Å². The second-order valence-electron chi connectivity index (χ2n) is 7.07. The van der Waals surface area contributed by atoms with Crippen LogP contribution in [0.3, 0.4) is 0 Å². The lowest BCUT2D eigenvalue weighted by Crippen LogP contribution is -2.23. The summed E-state index contributed by atoms with van der Waals surface area (Å²) in [5.74, 6) is -1.67. The minimum absolute atomic E-state index is 0.140. The van der Waals surface area contributed by atoms with Crippen molar-refractivity contribution in [3.8, 4) is 10.6 Å². The monoisotopic (exact) mass is 491 g/mol. The molecule has 0 saturated carbocycles. The molecule has 2 N–H and O–H groups in total. The number of benzene rings is 2. The number of hydrogen-bond donors (Lipinski definition) is 2. The Morgan fingerprint density at radius 2 is 1.79 bits per heavy atom. The molecule has 0 aliphatic rings. The van der Waals surface area contributed by atoms with Gasteiger partial charge in [0.1, 0.15) is 9.88 Å². The molecular formula is C23H20F3N3O4S. The van der Waals surface area contributed by atoms with Gasteiger partial charge in [-0.15, -0.1) is 11.3 Å². The van der Waals surface area contributed by atoms with Gasteiger partial charge in [-0.2, -0.15) is 13.2 Å². The van der Waals surface area contributed by atoms with Gasteiger partial charge in [-0.3, -0.25) is 9.59 Å². The van der Waals surface area contributed by atoms with Crippen molar-refractivity contribution < 1.29 is 32.3 Å². The molecule has 3 aromatic rings. The van der Waals surface area contributed by atoms with Crippen LogP contribution in [0, 0.1) is 6.92 Å². The quantitative estimate of drug-likeness (QED) is 0.468. The highest BCUT2D eigenvalue weighted by molar-refractivity contribution is 7.17. The first-order valence-electron chi connectivity index (χ1n) is 10.1. The van der Waals surface area contributed by atoms with Crippen LogP contribution in [-0.4, -0.2) is 35.9 Å². The molecule has 34 heavy (non-hydrogen) atoms. The van der Waals surface area contributed by atoms with Gasteiger partial charge in [0.15, 0.2) is 6.61 Å². The number of anilines is 1. The normalized spacial score (nSPS) is 11.1. The first kappa shape index (κ1) is 24.9. The summed E-state index contributed by atoms with van der Waals surface area (Å²) in [5, 5.41) is 5.55. The number of halogens is 3. The molecule has 2 amide bonds. The first-order valence-corrected chi connectivity index (χ1v) is 10.9. The Morgan fingerprint density at radius 3 is 2.44 bits per heavy atom. The molecule has 1 heterocycles. The van der Waals surface area contributed by atoms with Crippen LogP contribution in [0.15, 0.2) is 48.5 Å². The number of nitrogens with zero attached hydrogens (tertiary/aromatic N) is 1. The number of nitrogens with one attached hydrogen (secondary N) is 2. The number of aryl methyl sites for hydroxylation is 1. The van der Waals surface area contributed by atoms with Gasteiger partial charge in [-0.25, -0.2) is 9.78 Å². The summed E-state index contributed by atoms with van der Waals surface area (Å²) in [6, 6.07) is 10.7. The SMILES string of the molecule is CCNC(=O)c1cccc(NC(=O)COC(=O)c2sc(-c3ccc(C(F)(F)F)cc3)nc2C)c1. The molecule has 0 fully saturated rings. The van der Waals surface area contributed by atoms with Crippen LogP contribution in [0.25, 0.3) is 10.6 Å². The highest BCUT2D eigenvalue weighted by Crippen LogP contribution is 2.33. The van der Waals surface area contributed by atoms with Crippen LogP contribution in [0.1, 0.15) is 38.2 Å². The molecule has 0 radical (unpaired) electrons. The summed E-state index contributed by atoms with van der Waals surface area (Å²) in [6.07, 6.45) is -4.45. The molecule has 0 aliphatic carbocycles. The van der Waals surface area contributed by atoms with Crippen molar-refractivity contribution in [1.29, 1.82) is 0 Å². The zero-order valence-electron chi connectivity index (χ0n) is 18.2. The Hall–Kier alpha value is -3.73. The lowest BCUT2D eigenvalue weighted by atomic mass is 10.1. The smallest absolute Gasteiger partial charge is 0.416 e. The van der Waals surface area contributed by atoms with Crippen molar-refractivity contribution in [3.05, 3.63) is 70.2 Å². The topological polar surface area (TPSA) is 97.4 Å². The fourth-order valence-electron chi connectivity index (χ4n) is 2.91. The van der Waals surface area contributed by atoms with Gasteiger partial charge >= 0.3 is 12.1 Å². The zero-order valence-corrected chi connectivity index (χ0v) is 19.0. The van der Waals surface area contributed by atoms with Crippen molar-refractivity contribution in [2.75, 3.05) is 18.5 Å². The fourth-order valence-corrected chi connectivity index (χ4v) is 3.87. The number of esters is 1. The van der Waals surface area contributed by atoms with E-state index in [1.807, 2.05) is 0 Å². The van der Waals surface area contributed by atoms with E-state index in [2.05, 4.69) is 15.6 Å². The molecule has 1 aromatic heterocycles. The maximum absolute atomic E-state index is 12.7. The Morgan fingerprint density at radius 1 is 1.09 bits per heavy atom. The third kappa shape index (κ3) is 6.19. The lowest BCUT2D eigenvalue weighted by molar-refractivity contribution is -0.137. The molecule has 7 nitrogen and oxygen atoms in total. The van der Waals surface area contributed by atoms with E-state index in [1.165, 1.54) is 18.2 Å². The summed E-state index contributed by atoms with van der Waals surface area (Å²) in [6.45, 7) is 3.24. The summed E-state index contributed by atoms with van der Waals surface area (Å²) in [5.41, 5.74) is 0.701. The summed E-state index contributed by atoms with van der Waals surface area (Å²) in [7, 11) is 0. The van der Waals surface area contributed by atoms with Crippen molar-refractivity contribution in [2.24, 2.45) is 0 Å². The van der Waals surface area contributed by atoms with E-state index in [4.69, 9.17) is 4.74 Å². The lowest BCUT2D eigenvalue weighted by Gasteiger charge is -2.08. The van der Waals surface area contributed by atoms with Gasteiger partial charge in [-0.1, -0.05) is 18.2 Å². The second kappa shape index (κ2) is 10.5. The number of thiazole rings is 1. The number of carbonyl (C=O) groups is 3. The van der Waals surface area contributed by atoms with Crippen molar-refractivity contribution in [1.82, 2.24) is 10.3 Å². The highest BCUT2D eigenvalue weighted by atomic mass is 32.1. The molecular weight excluding hydrogens is 471 g/mol. The largest absolute Gasteiger partial charge is 0.451 e. The third-order valence-electron chi connectivity index (χ3n) is 4.52. The molecule has 0 spiro atoms. The predicted octanol–water partition coefficient (Wildman–Crippen LogP) is 4.68. The minimum Gasteiger partial charge on any atom is -0.451 e. The first-order chi connectivity index (χ1) is 16.1. The van der Waals surface area contributed by atoms with Crippen molar-refractivity contribution in [2.45, 2.75) is 20.0 Å². The predicted molar refractivity (Wildman–Crippen MR) is 121 cm³/mol. The molecule has 0 atom stereocenters. The Labute approximate surface area is 197 Å². The third-order valence-corrected chi connectivity index (χ3v) is 5.71. The van der Waals surface area contributed by atoms with Gasteiger partial charge in [0, 0.05) is 23.4 Å². The average molecular weight is 491 g/mol. The number of aromatic nitrogens is 1. The Bertz CT molecular complexity index is 1210. The van der Waals surface area contributed by atoms with E-state index in [9.17, 15) is 27.6 Å².